The molecule has 1 rings (SSSR count). The van der Waals surface area contributed by atoms with E-state index < -0.39 is 26.2 Å². The third-order valence-electron chi connectivity index (χ3n) is 2.18. The van der Waals surface area contributed by atoms with Crippen molar-refractivity contribution in [3.63, 3.8) is 0 Å². The van der Waals surface area contributed by atoms with Gasteiger partial charge in [0.25, 0.3) is 10.1 Å². The van der Waals surface area contributed by atoms with Crippen molar-refractivity contribution in [1.29, 1.82) is 0 Å². The van der Waals surface area contributed by atoms with E-state index >= 15 is 0 Å². The van der Waals surface area contributed by atoms with Gasteiger partial charge in [-0.1, -0.05) is 36.6 Å². The molecular formula is C10H13NO5S4. The summed E-state index contributed by atoms with van der Waals surface area (Å²) in [7, 11) is -7.54. The average Bonchev–Trinajstić information content (AvgIpc) is 2.33. The van der Waals surface area contributed by atoms with Gasteiger partial charge in [0, 0.05) is 23.2 Å². The molecule has 0 spiro atoms. The van der Waals surface area contributed by atoms with E-state index in [1.54, 1.807) is 12.2 Å². The standard InChI is InChI=1S/C10H13NO5S4/c1-19(12,13)16-8(7-17)6-11-20(14,15)10-5-3-2-4-9(10)18/h2-3,5,7-8,11H,4,6H2,1H3. The van der Waals surface area contributed by atoms with Crippen LogP contribution < -0.4 is 4.72 Å². The van der Waals surface area contributed by atoms with Crippen molar-refractivity contribution in [2.24, 2.45) is 0 Å². The van der Waals surface area contributed by atoms with Gasteiger partial charge in [-0.3, -0.25) is 4.18 Å². The molecule has 0 aliphatic heterocycles. The Kier molecular flexibility index (Phi) is 6.10. The monoisotopic (exact) mass is 355 g/mol. The summed E-state index contributed by atoms with van der Waals surface area (Å²) in [5.74, 6) is 0. The van der Waals surface area contributed by atoms with Crippen molar-refractivity contribution in [3.05, 3.63) is 23.1 Å². The van der Waals surface area contributed by atoms with E-state index in [1.165, 1.54) is 6.08 Å². The number of rotatable bonds is 7. The molecule has 20 heavy (non-hydrogen) atoms. The highest BCUT2D eigenvalue weighted by atomic mass is 32.2. The molecule has 1 unspecified atom stereocenters. The molecule has 0 fully saturated rings. The minimum absolute atomic E-state index is 0.00234. The Bertz CT molecular complexity index is 660. The molecule has 1 atom stereocenters. The number of nitrogens with one attached hydrogen (secondary N) is 1. The van der Waals surface area contributed by atoms with Crippen molar-refractivity contribution in [3.8, 4) is 0 Å². The Morgan fingerprint density at radius 1 is 1.45 bits per heavy atom. The van der Waals surface area contributed by atoms with Gasteiger partial charge in [0.2, 0.25) is 10.0 Å². The van der Waals surface area contributed by atoms with Crippen LogP contribution in [0.1, 0.15) is 6.42 Å². The maximum absolute atomic E-state index is 12.0. The van der Waals surface area contributed by atoms with Crippen LogP contribution in [0, 0.1) is 0 Å². The number of thiocarbonyl (C=S) groups is 2. The van der Waals surface area contributed by atoms with E-state index in [-0.39, 0.29) is 11.4 Å². The van der Waals surface area contributed by atoms with E-state index in [2.05, 4.69) is 21.1 Å². The minimum Gasteiger partial charge on any atom is -0.260 e. The fourth-order valence-electron chi connectivity index (χ4n) is 1.36. The third-order valence-corrected chi connectivity index (χ3v) is 5.10. The second kappa shape index (κ2) is 6.96. The first-order chi connectivity index (χ1) is 9.15. The second-order valence-electron chi connectivity index (χ2n) is 3.91. The molecule has 6 nitrogen and oxygen atoms in total. The lowest BCUT2D eigenvalue weighted by atomic mass is 10.2. The van der Waals surface area contributed by atoms with Gasteiger partial charge in [0.05, 0.1) is 11.2 Å². The second-order valence-corrected chi connectivity index (χ2v) is 8.01. The van der Waals surface area contributed by atoms with Gasteiger partial charge in [-0.2, -0.15) is 8.42 Å². The van der Waals surface area contributed by atoms with Gasteiger partial charge in [-0.05, 0) is 6.08 Å². The van der Waals surface area contributed by atoms with Crippen molar-refractivity contribution >= 4 is 54.8 Å². The Morgan fingerprint density at radius 2 is 2.10 bits per heavy atom. The molecule has 1 aliphatic rings. The number of sulfonamides is 1. The van der Waals surface area contributed by atoms with Crippen molar-refractivity contribution in [2.75, 3.05) is 12.8 Å². The Morgan fingerprint density at radius 3 is 2.60 bits per heavy atom. The van der Waals surface area contributed by atoms with Crippen molar-refractivity contribution in [1.82, 2.24) is 4.72 Å². The van der Waals surface area contributed by atoms with Crippen LogP contribution in [0.3, 0.4) is 0 Å². The largest absolute Gasteiger partial charge is 0.265 e. The highest BCUT2D eigenvalue weighted by molar-refractivity contribution is 7.96. The Balaban J connectivity index is 2.77. The van der Waals surface area contributed by atoms with Crippen molar-refractivity contribution < 1.29 is 21.0 Å². The number of hydrogen-bond donors (Lipinski definition) is 1. The molecule has 0 saturated heterocycles. The normalized spacial score (nSPS) is 17.6. The lowest BCUT2D eigenvalue weighted by Gasteiger charge is -2.15. The predicted molar refractivity (Wildman–Crippen MR) is 84.7 cm³/mol. The lowest BCUT2D eigenvalue weighted by molar-refractivity contribution is 0.283. The summed E-state index contributed by atoms with van der Waals surface area (Å²) in [6.45, 7) is -0.289. The summed E-state index contributed by atoms with van der Waals surface area (Å²) >= 11 is 9.59. The van der Waals surface area contributed by atoms with E-state index in [9.17, 15) is 16.8 Å². The van der Waals surface area contributed by atoms with E-state index in [0.29, 0.717) is 11.3 Å². The molecule has 1 N–H and O–H groups in total. The molecule has 112 valence electrons. The Labute approximate surface area is 129 Å². The topological polar surface area (TPSA) is 89.5 Å². The van der Waals surface area contributed by atoms with Gasteiger partial charge >= 0.3 is 0 Å². The SMILES string of the molecule is CS(=O)(=O)OC(C=S)CNS(=O)(=O)C1=CC=CCC1=S. The summed E-state index contributed by atoms with van der Waals surface area (Å²) in [5, 5.41) is 1.04. The molecule has 0 aromatic heterocycles. The van der Waals surface area contributed by atoms with Crippen molar-refractivity contribution in [2.45, 2.75) is 12.5 Å². The molecule has 0 radical (unpaired) electrons. The van der Waals surface area contributed by atoms with Crippen LogP contribution in [-0.2, 0) is 24.3 Å². The van der Waals surface area contributed by atoms with Crippen LogP contribution >= 0.6 is 24.4 Å². The van der Waals surface area contributed by atoms with E-state index in [4.69, 9.17) is 12.2 Å². The smallest absolute Gasteiger partial charge is 0.260 e. The quantitative estimate of drug-likeness (QED) is 0.524. The molecule has 0 saturated carbocycles. The van der Waals surface area contributed by atoms with Crippen LogP contribution in [0.4, 0.5) is 0 Å². The fraction of sp³-hybridized carbons (Fsp3) is 0.400. The van der Waals surface area contributed by atoms with Crippen LogP contribution in [-0.4, -0.2) is 46.0 Å². The first-order valence-electron chi connectivity index (χ1n) is 5.39. The number of allylic oxidation sites excluding steroid dienone is 4. The first kappa shape index (κ1) is 17.5. The minimum atomic E-state index is -3.82. The van der Waals surface area contributed by atoms with Gasteiger partial charge in [0.1, 0.15) is 6.10 Å². The molecule has 0 heterocycles. The molecular weight excluding hydrogens is 342 g/mol. The third kappa shape index (κ3) is 5.46. The van der Waals surface area contributed by atoms with Crippen LogP contribution in [0.25, 0.3) is 0 Å². The van der Waals surface area contributed by atoms with Gasteiger partial charge in [-0.25, -0.2) is 13.1 Å². The molecule has 0 amide bonds. The molecule has 10 heteroatoms. The molecule has 1 aliphatic carbocycles. The summed E-state index contributed by atoms with van der Waals surface area (Å²) < 4.78 is 52.8. The zero-order valence-corrected chi connectivity index (χ0v) is 13.7. The number of hydrogen-bond acceptors (Lipinski definition) is 7. The average molecular weight is 355 g/mol. The summed E-state index contributed by atoms with van der Waals surface area (Å²) in [5.41, 5.74) is 0. The maximum Gasteiger partial charge on any atom is 0.265 e. The first-order valence-corrected chi connectivity index (χ1v) is 9.57. The van der Waals surface area contributed by atoms with E-state index in [1.807, 2.05) is 0 Å². The molecule has 0 aromatic rings. The fourth-order valence-corrected chi connectivity index (χ4v) is 3.83. The zero-order chi connectivity index (χ0) is 15.4. The van der Waals surface area contributed by atoms with Crippen LogP contribution in [0.5, 0.6) is 0 Å². The summed E-state index contributed by atoms with van der Waals surface area (Å²) in [6.07, 6.45) is 4.90. The Hall–Kier alpha value is -0.520. The van der Waals surface area contributed by atoms with Crippen LogP contribution in [0.2, 0.25) is 0 Å². The molecule has 0 aromatic carbocycles. The zero-order valence-electron chi connectivity index (χ0n) is 10.5. The lowest BCUT2D eigenvalue weighted by Crippen LogP contribution is -2.37. The summed E-state index contributed by atoms with van der Waals surface area (Å²) in [4.78, 5) is 0.292. The highest BCUT2D eigenvalue weighted by Crippen LogP contribution is 2.15. The van der Waals surface area contributed by atoms with Gasteiger partial charge < -0.3 is 0 Å². The summed E-state index contributed by atoms with van der Waals surface area (Å²) in [6, 6.07) is 0. The van der Waals surface area contributed by atoms with E-state index in [0.717, 1.165) is 11.6 Å². The maximum atomic E-state index is 12.0. The van der Waals surface area contributed by atoms with Gasteiger partial charge in [-0.15, -0.1) is 0 Å². The molecule has 0 bridgehead atoms. The predicted octanol–water partition coefficient (Wildman–Crippen LogP) is 0.464. The highest BCUT2D eigenvalue weighted by Gasteiger charge is 2.23. The van der Waals surface area contributed by atoms with Crippen LogP contribution in [0.15, 0.2) is 23.1 Å². The van der Waals surface area contributed by atoms with Gasteiger partial charge in [0.15, 0.2) is 0 Å².